The first-order valence-electron chi connectivity index (χ1n) is 8.05. The summed E-state index contributed by atoms with van der Waals surface area (Å²) in [6.45, 7) is 5.84. The third-order valence-corrected chi connectivity index (χ3v) is 5.23. The van der Waals surface area contributed by atoms with Crippen molar-refractivity contribution in [3.8, 4) is 0 Å². The maximum absolute atomic E-state index is 13.7. The number of benzene rings is 1. The molecule has 1 aromatic heterocycles. The summed E-state index contributed by atoms with van der Waals surface area (Å²) in [6.07, 6.45) is 3.50. The number of piperidine rings is 1. The van der Waals surface area contributed by atoms with Gasteiger partial charge in [-0.25, -0.2) is 4.39 Å². The first-order chi connectivity index (χ1) is 10.7. The van der Waals surface area contributed by atoms with E-state index in [2.05, 4.69) is 16.0 Å². The van der Waals surface area contributed by atoms with Crippen molar-refractivity contribution < 1.29 is 9.13 Å². The smallest absolute Gasteiger partial charge is 0.124 e. The van der Waals surface area contributed by atoms with Crippen molar-refractivity contribution in [2.75, 3.05) is 31.2 Å². The molecule has 2 fully saturated rings. The molecule has 0 unspecified atom stereocenters. The molecule has 3 nitrogen and oxygen atoms in total. The molecule has 3 heterocycles. The van der Waals surface area contributed by atoms with Crippen LogP contribution in [0.1, 0.15) is 25.0 Å². The van der Waals surface area contributed by atoms with Crippen LogP contribution < -0.4 is 4.90 Å². The summed E-state index contributed by atoms with van der Waals surface area (Å²) in [7, 11) is 0. The number of rotatable bonds is 1. The van der Waals surface area contributed by atoms with Crippen LogP contribution in [0.3, 0.4) is 0 Å². The molecule has 0 amide bonds. The Balaban J connectivity index is 1.68. The lowest BCUT2D eigenvalue weighted by atomic mass is 9.78. The number of nitrogens with zero attached hydrogens (tertiary/aromatic N) is 2. The summed E-state index contributed by atoms with van der Waals surface area (Å²) in [6, 6.07) is 6.96. The lowest BCUT2D eigenvalue weighted by Gasteiger charge is -2.39. The maximum Gasteiger partial charge on any atom is 0.124 e. The van der Waals surface area contributed by atoms with Crippen LogP contribution >= 0.6 is 0 Å². The summed E-state index contributed by atoms with van der Waals surface area (Å²) in [5.74, 6) is -0.197. The van der Waals surface area contributed by atoms with E-state index >= 15 is 0 Å². The number of aryl methyl sites for hydroxylation is 1. The van der Waals surface area contributed by atoms with Crippen molar-refractivity contribution in [2.24, 2.45) is 5.41 Å². The molecule has 1 spiro atoms. The zero-order valence-corrected chi connectivity index (χ0v) is 12.9. The van der Waals surface area contributed by atoms with Gasteiger partial charge in [0.25, 0.3) is 0 Å². The maximum atomic E-state index is 13.7. The summed E-state index contributed by atoms with van der Waals surface area (Å²) in [5.41, 5.74) is 3.37. The van der Waals surface area contributed by atoms with Crippen LogP contribution in [0.4, 0.5) is 10.1 Å². The van der Waals surface area contributed by atoms with E-state index in [4.69, 9.17) is 4.74 Å². The molecule has 0 atom stereocenters. The Morgan fingerprint density at radius 1 is 1.18 bits per heavy atom. The van der Waals surface area contributed by atoms with E-state index < -0.39 is 0 Å². The molecule has 2 aliphatic heterocycles. The highest BCUT2D eigenvalue weighted by atomic mass is 19.1. The Kier molecular flexibility index (Phi) is 3.30. The molecule has 116 valence electrons. The van der Waals surface area contributed by atoms with Gasteiger partial charge in [0.15, 0.2) is 0 Å². The number of hydrogen-bond acceptors (Lipinski definition) is 3. The zero-order chi connectivity index (χ0) is 15.2. The van der Waals surface area contributed by atoms with Gasteiger partial charge in [0, 0.05) is 36.5 Å². The van der Waals surface area contributed by atoms with Crippen LogP contribution in [0.15, 0.2) is 24.3 Å². The molecule has 22 heavy (non-hydrogen) atoms. The molecule has 0 bridgehead atoms. The van der Waals surface area contributed by atoms with E-state index in [1.54, 1.807) is 12.1 Å². The molecule has 0 aliphatic carbocycles. The molecular weight excluding hydrogens is 279 g/mol. The minimum Gasteiger partial charge on any atom is -0.381 e. The Morgan fingerprint density at radius 3 is 2.73 bits per heavy atom. The van der Waals surface area contributed by atoms with Gasteiger partial charge in [-0.05, 0) is 55.9 Å². The third-order valence-electron chi connectivity index (χ3n) is 5.23. The Bertz CT molecular complexity index is 700. The lowest BCUT2D eigenvalue weighted by Crippen LogP contribution is -2.40. The van der Waals surface area contributed by atoms with Gasteiger partial charge >= 0.3 is 0 Å². The van der Waals surface area contributed by atoms with Gasteiger partial charge in [0.05, 0.1) is 12.1 Å². The number of fused-ring (bicyclic) bond motifs is 1. The second kappa shape index (κ2) is 5.20. The number of hydrogen-bond donors (Lipinski definition) is 0. The molecule has 2 aromatic rings. The molecule has 2 aliphatic rings. The van der Waals surface area contributed by atoms with E-state index in [0.29, 0.717) is 5.41 Å². The summed E-state index contributed by atoms with van der Waals surface area (Å²) in [5, 5.41) is 0.921. The van der Waals surface area contributed by atoms with Crippen molar-refractivity contribution >= 4 is 16.6 Å². The second-order valence-corrected chi connectivity index (χ2v) is 6.73. The molecule has 0 radical (unpaired) electrons. The number of halogens is 1. The standard InChI is InChI=1S/C18H21FN2O/c1-13-10-17(15-11-14(19)2-3-16(15)20-13)21-7-4-18(5-8-21)6-9-22-12-18/h2-3,10-11H,4-9,12H2,1H3. The van der Waals surface area contributed by atoms with Crippen LogP contribution in [0.5, 0.6) is 0 Å². The molecule has 0 N–H and O–H groups in total. The fraction of sp³-hybridized carbons (Fsp3) is 0.500. The number of aromatic nitrogens is 1. The van der Waals surface area contributed by atoms with Gasteiger partial charge in [-0.1, -0.05) is 0 Å². The Labute approximate surface area is 130 Å². The van der Waals surface area contributed by atoms with E-state index in [1.807, 2.05) is 6.92 Å². The van der Waals surface area contributed by atoms with Gasteiger partial charge in [0.2, 0.25) is 0 Å². The van der Waals surface area contributed by atoms with E-state index in [9.17, 15) is 4.39 Å². The molecular formula is C18H21FN2O. The highest BCUT2D eigenvalue weighted by molar-refractivity contribution is 5.92. The first-order valence-corrected chi connectivity index (χ1v) is 8.05. The van der Waals surface area contributed by atoms with Crippen molar-refractivity contribution in [1.29, 1.82) is 0 Å². The molecule has 4 rings (SSSR count). The van der Waals surface area contributed by atoms with Gasteiger partial charge in [-0.2, -0.15) is 0 Å². The van der Waals surface area contributed by atoms with Crippen molar-refractivity contribution in [1.82, 2.24) is 4.98 Å². The second-order valence-electron chi connectivity index (χ2n) is 6.73. The predicted molar refractivity (Wildman–Crippen MR) is 85.8 cm³/mol. The van der Waals surface area contributed by atoms with Gasteiger partial charge < -0.3 is 9.64 Å². The van der Waals surface area contributed by atoms with Crippen LogP contribution in [0.25, 0.3) is 10.9 Å². The fourth-order valence-electron chi connectivity index (χ4n) is 3.84. The van der Waals surface area contributed by atoms with Gasteiger partial charge in [-0.15, -0.1) is 0 Å². The molecule has 0 saturated carbocycles. The summed E-state index contributed by atoms with van der Waals surface area (Å²) in [4.78, 5) is 6.92. The first kappa shape index (κ1) is 13.9. The van der Waals surface area contributed by atoms with E-state index in [-0.39, 0.29) is 5.82 Å². The third kappa shape index (κ3) is 2.35. The molecule has 2 saturated heterocycles. The van der Waals surface area contributed by atoms with E-state index in [1.165, 1.54) is 12.5 Å². The van der Waals surface area contributed by atoms with Crippen molar-refractivity contribution in [2.45, 2.75) is 26.2 Å². The normalized spacial score (nSPS) is 20.9. The number of pyridine rings is 1. The molecule has 1 aromatic carbocycles. The Morgan fingerprint density at radius 2 is 2.00 bits per heavy atom. The minimum atomic E-state index is -0.197. The minimum absolute atomic E-state index is 0.197. The highest BCUT2D eigenvalue weighted by Crippen LogP contribution is 2.41. The summed E-state index contributed by atoms with van der Waals surface area (Å²) < 4.78 is 19.3. The lowest BCUT2D eigenvalue weighted by molar-refractivity contribution is 0.134. The van der Waals surface area contributed by atoms with Crippen LogP contribution in [0.2, 0.25) is 0 Å². The highest BCUT2D eigenvalue weighted by Gasteiger charge is 2.38. The van der Waals surface area contributed by atoms with E-state index in [0.717, 1.165) is 61.4 Å². The average molecular weight is 300 g/mol. The van der Waals surface area contributed by atoms with Crippen LogP contribution in [-0.2, 0) is 4.74 Å². The van der Waals surface area contributed by atoms with Crippen LogP contribution in [-0.4, -0.2) is 31.3 Å². The fourth-order valence-corrected chi connectivity index (χ4v) is 3.84. The van der Waals surface area contributed by atoms with Crippen molar-refractivity contribution in [3.63, 3.8) is 0 Å². The van der Waals surface area contributed by atoms with Crippen LogP contribution in [0, 0.1) is 18.2 Å². The average Bonchev–Trinajstić information content (AvgIpc) is 2.96. The quantitative estimate of drug-likeness (QED) is 0.803. The molecule has 4 heteroatoms. The number of anilines is 1. The topological polar surface area (TPSA) is 25.4 Å². The largest absolute Gasteiger partial charge is 0.381 e. The predicted octanol–water partition coefficient (Wildman–Crippen LogP) is 3.69. The van der Waals surface area contributed by atoms with Gasteiger partial charge in [0.1, 0.15) is 5.82 Å². The van der Waals surface area contributed by atoms with Crippen molar-refractivity contribution in [3.05, 3.63) is 35.8 Å². The summed E-state index contributed by atoms with van der Waals surface area (Å²) >= 11 is 0. The van der Waals surface area contributed by atoms with Gasteiger partial charge in [-0.3, -0.25) is 4.98 Å². The number of ether oxygens (including phenoxy) is 1. The zero-order valence-electron chi connectivity index (χ0n) is 12.9. The monoisotopic (exact) mass is 300 g/mol. The SMILES string of the molecule is Cc1cc(N2CCC3(CCOC3)CC2)c2cc(F)ccc2n1. The Hall–Kier alpha value is -1.68.